The van der Waals surface area contributed by atoms with Gasteiger partial charge in [0, 0.05) is 0 Å². The minimum Gasteiger partial charge on any atom is -0.492 e. The Morgan fingerprint density at radius 1 is 1.04 bits per heavy atom. The zero-order chi connectivity index (χ0) is 18.9. The Morgan fingerprint density at radius 3 is 2.38 bits per heavy atom. The molecular formula is C22H29NO3. The molecule has 1 N–H and O–H groups in total. The third-order valence-corrected chi connectivity index (χ3v) is 4.29. The monoisotopic (exact) mass is 355 g/mol. The van der Waals surface area contributed by atoms with Crippen molar-refractivity contribution >= 4 is 5.91 Å². The summed E-state index contributed by atoms with van der Waals surface area (Å²) in [6, 6.07) is 13.9. The van der Waals surface area contributed by atoms with Gasteiger partial charge in [0.1, 0.15) is 18.1 Å². The molecule has 0 aromatic heterocycles. The summed E-state index contributed by atoms with van der Waals surface area (Å²) >= 11 is 0. The highest BCUT2D eigenvalue weighted by Gasteiger charge is 2.14. The predicted octanol–water partition coefficient (Wildman–Crippen LogP) is 4.22. The van der Waals surface area contributed by atoms with Gasteiger partial charge in [-0.3, -0.25) is 4.79 Å². The van der Waals surface area contributed by atoms with Crippen LogP contribution in [0.3, 0.4) is 0 Å². The molecule has 0 fully saturated rings. The van der Waals surface area contributed by atoms with Crippen LogP contribution in [0.5, 0.6) is 11.5 Å². The summed E-state index contributed by atoms with van der Waals surface area (Å²) in [6.45, 7) is 8.85. The molecule has 0 saturated carbocycles. The van der Waals surface area contributed by atoms with E-state index in [2.05, 4.69) is 24.4 Å². The van der Waals surface area contributed by atoms with Crippen molar-refractivity contribution in [3.8, 4) is 11.5 Å². The minimum absolute atomic E-state index is 0.148. The lowest BCUT2D eigenvalue weighted by atomic mass is 10.1. The molecule has 0 aliphatic heterocycles. The maximum atomic E-state index is 12.1. The average Bonchev–Trinajstić information content (AvgIpc) is 2.63. The molecule has 4 nitrogen and oxygen atoms in total. The zero-order valence-electron chi connectivity index (χ0n) is 16.2. The second-order valence-electron chi connectivity index (χ2n) is 6.54. The molecule has 0 radical (unpaired) electrons. The fraction of sp³-hybridized carbons (Fsp3) is 0.409. The van der Waals surface area contributed by atoms with E-state index in [1.807, 2.05) is 44.2 Å². The molecule has 1 atom stereocenters. The SMILES string of the molecule is CCCc1ccc(OCCNC(=O)C(C)Oc2ccc(C)c(C)c2)cc1. The van der Waals surface area contributed by atoms with Crippen LogP contribution in [0.25, 0.3) is 0 Å². The topological polar surface area (TPSA) is 47.6 Å². The molecule has 26 heavy (non-hydrogen) atoms. The number of aryl methyl sites for hydroxylation is 3. The molecule has 1 amide bonds. The third kappa shape index (κ3) is 6.10. The summed E-state index contributed by atoms with van der Waals surface area (Å²) in [4.78, 5) is 12.1. The van der Waals surface area contributed by atoms with Gasteiger partial charge in [-0.2, -0.15) is 0 Å². The molecule has 0 bridgehead atoms. The highest BCUT2D eigenvalue weighted by Crippen LogP contribution is 2.17. The fourth-order valence-corrected chi connectivity index (χ4v) is 2.57. The van der Waals surface area contributed by atoms with Crippen molar-refractivity contribution < 1.29 is 14.3 Å². The van der Waals surface area contributed by atoms with Crippen molar-refractivity contribution in [2.75, 3.05) is 13.2 Å². The molecular weight excluding hydrogens is 326 g/mol. The van der Waals surface area contributed by atoms with E-state index >= 15 is 0 Å². The van der Waals surface area contributed by atoms with Crippen molar-refractivity contribution in [2.45, 2.75) is 46.6 Å². The van der Waals surface area contributed by atoms with Crippen LogP contribution in [0, 0.1) is 13.8 Å². The highest BCUT2D eigenvalue weighted by molar-refractivity contribution is 5.80. The molecule has 0 spiro atoms. The van der Waals surface area contributed by atoms with Crippen molar-refractivity contribution in [1.82, 2.24) is 5.32 Å². The molecule has 4 heteroatoms. The van der Waals surface area contributed by atoms with Gasteiger partial charge >= 0.3 is 0 Å². The van der Waals surface area contributed by atoms with E-state index in [4.69, 9.17) is 9.47 Å². The molecule has 140 valence electrons. The first-order valence-corrected chi connectivity index (χ1v) is 9.23. The first-order chi connectivity index (χ1) is 12.5. The number of nitrogens with one attached hydrogen (secondary N) is 1. The molecule has 1 unspecified atom stereocenters. The fourth-order valence-electron chi connectivity index (χ4n) is 2.57. The van der Waals surface area contributed by atoms with Gasteiger partial charge < -0.3 is 14.8 Å². The van der Waals surface area contributed by atoms with E-state index in [1.165, 1.54) is 11.1 Å². The summed E-state index contributed by atoms with van der Waals surface area (Å²) in [7, 11) is 0. The molecule has 2 aromatic rings. The average molecular weight is 355 g/mol. The van der Waals surface area contributed by atoms with E-state index in [1.54, 1.807) is 6.92 Å². The molecule has 0 aliphatic rings. The number of hydrogen-bond acceptors (Lipinski definition) is 3. The Hall–Kier alpha value is -2.49. The largest absolute Gasteiger partial charge is 0.492 e. The number of carbonyl (C=O) groups is 1. The predicted molar refractivity (Wildman–Crippen MR) is 105 cm³/mol. The Balaban J connectivity index is 1.71. The van der Waals surface area contributed by atoms with Crippen molar-refractivity contribution in [2.24, 2.45) is 0 Å². The van der Waals surface area contributed by atoms with Crippen LogP contribution in [0.4, 0.5) is 0 Å². The Morgan fingerprint density at radius 2 is 1.73 bits per heavy atom. The van der Waals surface area contributed by atoms with E-state index < -0.39 is 6.10 Å². The normalized spacial score (nSPS) is 11.7. The van der Waals surface area contributed by atoms with Crippen LogP contribution in [0.15, 0.2) is 42.5 Å². The summed E-state index contributed by atoms with van der Waals surface area (Å²) < 4.78 is 11.4. The smallest absolute Gasteiger partial charge is 0.260 e. The van der Waals surface area contributed by atoms with Crippen LogP contribution >= 0.6 is 0 Å². The second-order valence-corrected chi connectivity index (χ2v) is 6.54. The third-order valence-electron chi connectivity index (χ3n) is 4.29. The molecule has 0 aliphatic carbocycles. The van der Waals surface area contributed by atoms with Crippen molar-refractivity contribution in [3.63, 3.8) is 0 Å². The van der Waals surface area contributed by atoms with Gasteiger partial charge in [-0.25, -0.2) is 0 Å². The maximum Gasteiger partial charge on any atom is 0.260 e. The first kappa shape index (κ1) is 19.8. The lowest BCUT2D eigenvalue weighted by Gasteiger charge is -2.16. The van der Waals surface area contributed by atoms with Gasteiger partial charge in [-0.1, -0.05) is 31.5 Å². The molecule has 0 saturated heterocycles. The van der Waals surface area contributed by atoms with Crippen LogP contribution in [-0.4, -0.2) is 25.2 Å². The minimum atomic E-state index is -0.551. The van der Waals surface area contributed by atoms with Crippen LogP contribution in [0.1, 0.15) is 37.0 Å². The Labute approximate surface area is 156 Å². The van der Waals surface area contributed by atoms with Crippen molar-refractivity contribution in [1.29, 1.82) is 0 Å². The second kappa shape index (κ2) is 9.85. The van der Waals surface area contributed by atoms with Gasteiger partial charge in [0.05, 0.1) is 6.54 Å². The Kier molecular flexibility index (Phi) is 7.52. The van der Waals surface area contributed by atoms with Crippen LogP contribution in [0.2, 0.25) is 0 Å². The van der Waals surface area contributed by atoms with Gasteiger partial charge in [0.15, 0.2) is 6.10 Å². The van der Waals surface area contributed by atoms with Gasteiger partial charge in [0.25, 0.3) is 5.91 Å². The quantitative estimate of drug-likeness (QED) is 0.685. The van der Waals surface area contributed by atoms with Gasteiger partial charge in [-0.15, -0.1) is 0 Å². The van der Waals surface area contributed by atoms with E-state index in [9.17, 15) is 4.79 Å². The van der Waals surface area contributed by atoms with E-state index in [0.717, 1.165) is 24.2 Å². The maximum absolute atomic E-state index is 12.1. The first-order valence-electron chi connectivity index (χ1n) is 9.23. The number of ether oxygens (including phenoxy) is 2. The van der Waals surface area contributed by atoms with Crippen molar-refractivity contribution in [3.05, 3.63) is 59.2 Å². The number of carbonyl (C=O) groups excluding carboxylic acids is 1. The molecule has 2 aromatic carbocycles. The van der Waals surface area contributed by atoms with Crippen LogP contribution in [-0.2, 0) is 11.2 Å². The number of rotatable bonds is 9. The zero-order valence-corrected chi connectivity index (χ0v) is 16.2. The van der Waals surface area contributed by atoms with Crippen LogP contribution < -0.4 is 14.8 Å². The number of benzene rings is 2. The van der Waals surface area contributed by atoms with E-state index in [-0.39, 0.29) is 5.91 Å². The summed E-state index contributed by atoms with van der Waals surface area (Å²) in [5.41, 5.74) is 3.66. The molecule has 2 rings (SSSR count). The lowest BCUT2D eigenvalue weighted by molar-refractivity contribution is -0.127. The number of hydrogen-bond donors (Lipinski definition) is 1. The lowest BCUT2D eigenvalue weighted by Crippen LogP contribution is -2.38. The summed E-state index contributed by atoms with van der Waals surface area (Å²) in [5.74, 6) is 1.38. The van der Waals surface area contributed by atoms with Gasteiger partial charge in [0.2, 0.25) is 0 Å². The molecule has 0 heterocycles. The summed E-state index contributed by atoms with van der Waals surface area (Å²) in [6.07, 6.45) is 1.66. The number of amides is 1. The summed E-state index contributed by atoms with van der Waals surface area (Å²) in [5, 5.41) is 2.84. The van der Waals surface area contributed by atoms with E-state index in [0.29, 0.717) is 18.9 Å². The highest BCUT2D eigenvalue weighted by atomic mass is 16.5. The van der Waals surface area contributed by atoms with Gasteiger partial charge in [-0.05, 0) is 68.1 Å². The standard InChI is InChI=1S/C22H29NO3/c1-5-6-19-8-11-20(12-9-19)25-14-13-23-22(24)18(4)26-21-10-7-16(2)17(3)15-21/h7-12,15,18H,5-6,13-14H2,1-4H3,(H,23,24). The Bertz CT molecular complexity index is 710.